The van der Waals surface area contributed by atoms with Gasteiger partial charge in [-0.15, -0.1) is 13.1 Å². The van der Waals surface area contributed by atoms with Gasteiger partial charge in [0.15, 0.2) is 0 Å². The van der Waals surface area contributed by atoms with Crippen LogP contribution in [0.25, 0.3) is 5.32 Å². The molecule has 0 saturated carbocycles. The number of rotatable bonds is 4. The Bertz CT molecular complexity index is 101. The number of hydrogen-bond donors (Lipinski definition) is 1. The van der Waals surface area contributed by atoms with Crippen molar-refractivity contribution in [3.63, 3.8) is 0 Å². The van der Waals surface area contributed by atoms with Crippen LogP contribution in [0, 0.1) is 5.92 Å². The summed E-state index contributed by atoms with van der Waals surface area (Å²) in [6, 6.07) is 0.689. The van der Waals surface area contributed by atoms with Crippen molar-refractivity contribution < 1.29 is 20.4 Å². The van der Waals surface area contributed by atoms with E-state index < -0.39 is 0 Å². The summed E-state index contributed by atoms with van der Waals surface area (Å²) < 4.78 is 0. The van der Waals surface area contributed by atoms with E-state index in [1.165, 1.54) is 19.4 Å². The average molecular weight is 341 g/mol. The Hall–Kier alpha value is 0.582. The van der Waals surface area contributed by atoms with E-state index in [9.17, 15) is 0 Å². The second-order valence-corrected chi connectivity index (χ2v) is 3.78. The first-order chi connectivity index (χ1) is 5.29. The van der Waals surface area contributed by atoms with E-state index in [1.54, 1.807) is 0 Å². The Kier molecular flexibility index (Phi) is 7.37. The van der Waals surface area contributed by atoms with E-state index in [2.05, 4.69) is 24.5 Å². The van der Waals surface area contributed by atoms with Gasteiger partial charge < -0.3 is 10.6 Å². The molecule has 73 valence electrons. The van der Waals surface area contributed by atoms with Crippen LogP contribution in [-0.2, 0) is 20.4 Å². The van der Waals surface area contributed by atoms with Crippen LogP contribution >= 0.6 is 0 Å². The van der Waals surface area contributed by atoms with E-state index in [0.717, 1.165) is 19.0 Å². The quantitative estimate of drug-likeness (QED) is 0.829. The molecule has 12 heavy (non-hydrogen) atoms. The number of hydrogen-bond acceptors (Lipinski definition) is 1. The van der Waals surface area contributed by atoms with Crippen molar-refractivity contribution in [2.45, 2.75) is 32.7 Å². The van der Waals surface area contributed by atoms with Crippen LogP contribution in [0.3, 0.4) is 0 Å². The molecule has 1 aliphatic rings. The summed E-state index contributed by atoms with van der Waals surface area (Å²) in [6.45, 7) is 7.68. The van der Waals surface area contributed by atoms with Crippen LogP contribution < -0.4 is 5.32 Å². The molecule has 0 amide bonds. The maximum Gasteiger partial charge on any atom is 0 e. The third kappa shape index (κ3) is 5.27. The van der Waals surface area contributed by atoms with Crippen LogP contribution in [0.1, 0.15) is 26.7 Å². The SMILES string of the molecule is CC(C)C[N-]CC1CCCN1.[Re]. The molecule has 3 heteroatoms. The number of nitrogens with zero attached hydrogens (tertiary/aromatic N) is 1. The van der Waals surface area contributed by atoms with E-state index in [-0.39, 0.29) is 20.4 Å². The van der Waals surface area contributed by atoms with Gasteiger partial charge in [-0.25, -0.2) is 0 Å². The van der Waals surface area contributed by atoms with Crippen molar-refractivity contribution in [1.29, 1.82) is 0 Å². The van der Waals surface area contributed by atoms with Gasteiger partial charge in [0.05, 0.1) is 0 Å². The Morgan fingerprint density at radius 1 is 1.50 bits per heavy atom. The summed E-state index contributed by atoms with van der Waals surface area (Å²) >= 11 is 0. The maximum atomic E-state index is 4.49. The molecule has 2 nitrogen and oxygen atoms in total. The zero-order valence-electron chi connectivity index (χ0n) is 8.02. The van der Waals surface area contributed by atoms with Gasteiger partial charge in [-0.2, -0.15) is 0 Å². The standard InChI is InChI=1S/C9H19N2.Re/c1-8(2)6-10-7-9-4-3-5-11-9;/h8-9,11H,3-7H2,1-2H3;/q-1;. The van der Waals surface area contributed by atoms with Crippen molar-refractivity contribution in [3.8, 4) is 0 Å². The molecule has 0 spiro atoms. The van der Waals surface area contributed by atoms with Crippen molar-refractivity contribution >= 4 is 0 Å². The summed E-state index contributed by atoms with van der Waals surface area (Å²) in [5.74, 6) is 0.719. The predicted octanol–water partition coefficient (Wildman–Crippen LogP) is 1.77. The second-order valence-electron chi connectivity index (χ2n) is 3.78. The molecular formula is C9H19N2Re-. The minimum absolute atomic E-state index is 0. The average Bonchev–Trinajstić information content (AvgIpc) is 2.39. The van der Waals surface area contributed by atoms with E-state index >= 15 is 0 Å². The molecular weight excluding hydrogens is 322 g/mol. The maximum absolute atomic E-state index is 4.49. The van der Waals surface area contributed by atoms with E-state index in [1.807, 2.05) is 0 Å². The monoisotopic (exact) mass is 342 g/mol. The van der Waals surface area contributed by atoms with Gasteiger partial charge in [0.1, 0.15) is 0 Å². The fourth-order valence-corrected chi connectivity index (χ4v) is 1.40. The molecule has 1 aliphatic heterocycles. The third-order valence-corrected chi connectivity index (χ3v) is 2.01. The minimum atomic E-state index is 0. The van der Waals surface area contributed by atoms with Crippen molar-refractivity contribution in [3.05, 3.63) is 5.32 Å². The molecule has 1 fully saturated rings. The summed E-state index contributed by atoms with van der Waals surface area (Å²) in [5, 5.41) is 7.93. The van der Waals surface area contributed by atoms with Gasteiger partial charge in [0.2, 0.25) is 0 Å². The summed E-state index contributed by atoms with van der Waals surface area (Å²) in [7, 11) is 0. The van der Waals surface area contributed by atoms with Crippen LogP contribution in [0.5, 0.6) is 0 Å². The first-order valence-corrected chi connectivity index (χ1v) is 4.65. The molecule has 0 aromatic heterocycles. The van der Waals surface area contributed by atoms with Crippen molar-refractivity contribution in [2.75, 3.05) is 19.6 Å². The van der Waals surface area contributed by atoms with Gasteiger partial charge in [-0.1, -0.05) is 19.8 Å². The van der Waals surface area contributed by atoms with Gasteiger partial charge in [0, 0.05) is 20.4 Å². The van der Waals surface area contributed by atoms with E-state index in [4.69, 9.17) is 0 Å². The molecule has 1 saturated heterocycles. The zero-order chi connectivity index (χ0) is 8.10. The molecule has 0 aromatic carbocycles. The zero-order valence-corrected chi connectivity index (χ0v) is 10.7. The third-order valence-electron chi connectivity index (χ3n) is 2.01. The van der Waals surface area contributed by atoms with Crippen LogP contribution in [-0.4, -0.2) is 25.7 Å². The van der Waals surface area contributed by atoms with Gasteiger partial charge >= 0.3 is 0 Å². The fraction of sp³-hybridized carbons (Fsp3) is 1.00. The fourth-order valence-electron chi connectivity index (χ4n) is 1.40. The molecule has 0 aromatic rings. The molecule has 1 heterocycles. The molecule has 1 atom stereocenters. The van der Waals surface area contributed by atoms with Gasteiger partial charge in [-0.05, 0) is 25.4 Å². The van der Waals surface area contributed by atoms with Gasteiger partial charge in [0.25, 0.3) is 0 Å². The van der Waals surface area contributed by atoms with Crippen molar-refractivity contribution in [2.24, 2.45) is 5.92 Å². The van der Waals surface area contributed by atoms with Gasteiger partial charge in [-0.3, -0.25) is 0 Å². The molecule has 1 N–H and O–H groups in total. The molecule has 1 rings (SSSR count). The topological polar surface area (TPSA) is 26.1 Å². The van der Waals surface area contributed by atoms with Crippen molar-refractivity contribution in [1.82, 2.24) is 5.32 Å². The minimum Gasteiger partial charge on any atom is -0.661 e. The van der Waals surface area contributed by atoms with Crippen LogP contribution in [0.2, 0.25) is 0 Å². The second kappa shape index (κ2) is 7.03. The Morgan fingerprint density at radius 2 is 2.25 bits per heavy atom. The first-order valence-electron chi connectivity index (χ1n) is 4.65. The number of nitrogens with one attached hydrogen (secondary N) is 1. The normalized spacial score (nSPS) is 22.8. The largest absolute Gasteiger partial charge is 0.661 e. The van der Waals surface area contributed by atoms with Crippen LogP contribution in [0.15, 0.2) is 0 Å². The van der Waals surface area contributed by atoms with E-state index in [0.29, 0.717) is 6.04 Å². The Morgan fingerprint density at radius 3 is 2.75 bits per heavy atom. The summed E-state index contributed by atoms with van der Waals surface area (Å²) in [6.07, 6.45) is 2.66. The first kappa shape index (κ1) is 12.6. The molecule has 1 unspecified atom stereocenters. The molecule has 0 bridgehead atoms. The summed E-state index contributed by atoms with van der Waals surface area (Å²) in [5.41, 5.74) is 0. The van der Waals surface area contributed by atoms with Crippen LogP contribution in [0.4, 0.5) is 0 Å². The molecule has 0 aliphatic carbocycles. The molecule has 1 radical (unpaired) electrons. The smallest absolute Gasteiger partial charge is 0 e. The predicted molar refractivity (Wildman–Crippen MR) is 49.0 cm³/mol. The Balaban J connectivity index is 0.00000121. The summed E-state index contributed by atoms with van der Waals surface area (Å²) in [4.78, 5) is 0. The Labute approximate surface area is 89.5 Å².